The van der Waals surface area contributed by atoms with E-state index < -0.39 is 12.0 Å². The minimum absolute atomic E-state index is 0.253. The fraction of sp³-hybridized carbons (Fsp3) is 0.526. The Balaban J connectivity index is 2.22. The summed E-state index contributed by atoms with van der Waals surface area (Å²) in [6.45, 7) is 4.66. The Morgan fingerprint density at radius 2 is 2.00 bits per heavy atom. The average molecular weight is 362 g/mol. The minimum atomic E-state index is -1.05. The monoisotopic (exact) mass is 362 g/mol. The van der Waals surface area contributed by atoms with E-state index in [4.69, 9.17) is 9.84 Å². The molecule has 1 N–H and O–H groups in total. The summed E-state index contributed by atoms with van der Waals surface area (Å²) in [5.74, 6) is -1.11. The molecule has 26 heavy (non-hydrogen) atoms. The lowest BCUT2D eigenvalue weighted by Crippen LogP contribution is -2.49. The zero-order valence-electron chi connectivity index (χ0n) is 15.3. The molecular formula is C19H26N2O5. The van der Waals surface area contributed by atoms with E-state index in [1.54, 1.807) is 29.2 Å². The zero-order chi connectivity index (χ0) is 19.1. The van der Waals surface area contributed by atoms with Crippen molar-refractivity contribution in [1.29, 1.82) is 0 Å². The van der Waals surface area contributed by atoms with Crippen molar-refractivity contribution in [3.63, 3.8) is 0 Å². The van der Waals surface area contributed by atoms with Crippen molar-refractivity contribution < 1.29 is 24.2 Å². The Hall–Kier alpha value is -2.57. The number of rotatable bonds is 8. The largest absolute Gasteiger partial charge is 0.493 e. The molecule has 0 radical (unpaired) electrons. The second-order valence-corrected chi connectivity index (χ2v) is 6.24. The molecule has 1 fully saturated rings. The van der Waals surface area contributed by atoms with Gasteiger partial charge in [-0.05, 0) is 38.3 Å². The highest BCUT2D eigenvalue weighted by Crippen LogP contribution is 2.26. The summed E-state index contributed by atoms with van der Waals surface area (Å²) in [7, 11) is 0. The third kappa shape index (κ3) is 4.53. The molecule has 1 aromatic rings. The molecule has 1 saturated heterocycles. The Morgan fingerprint density at radius 1 is 1.27 bits per heavy atom. The highest BCUT2D eigenvalue weighted by atomic mass is 16.5. The van der Waals surface area contributed by atoms with Crippen molar-refractivity contribution in [2.75, 3.05) is 26.2 Å². The van der Waals surface area contributed by atoms with Gasteiger partial charge in [0, 0.05) is 13.1 Å². The second-order valence-electron chi connectivity index (χ2n) is 6.24. The number of likely N-dealkylation sites (tertiary alicyclic amines) is 1. The number of carbonyl (C=O) groups is 3. The van der Waals surface area contributed by atoms with Gasteiger partial charge < -0.3 is 19.6 Å². The number of ether oxygens (including phenoxy) is 1. The van der Waals surface area contributed by atoms with Gasteiger partial charge in [-0.1, -0.05) is 19.1 Å². The molecule has 1 atom stereocenters. The van der Waals surface area contributed by atoms with Crippen LogP contribution in [0.2, 0.25) is 0 Å². The first-order chi connectivity index (χ1) is 12.5. The molecule has 142 valence electrons. The summed E-state index contributed by atoms with van der Waals surface area (Å²) in [5, 5.41) is 9.06. The van der Waals surface area contributed by atoms with Crippen molar-refractivity contribution in [2.24, 2.45) is 0 Å². The quantitative estimate of drug-likeness (QED) is 0.764. The van der Waals surface area contributed by atoms with Crippen molar-refractivity contribution in [3.05, 3.63) is 29.8 Å². The average Bonchev–Trinajstić information content (AvgIpc) is 3.10. The van der Waals surface area contributed by atoms with Crippen LogP contribution < -0.4 is 4.74 Å². The molecule has 0 bridgehead atoms. The molecule has 1 unspecified atom stereocenters. The van der Waals surface area contributed by atoms with Crippen molar-refractivity contribution in [1.82, 2.24) is 9.80 Å². The predicted octanol–water partition coefficient (Wildman–Crippen LogP) is 2.01. The van der Waals surface area contributed by atoms with Gasteiger partial charge in [0.2, 0.25) is 5.91 Å². The van der Waals surface area contributed by atoms with Crippen LogP contribution in [0.3, 0.4) is 0 Å². The van der Waals surface area contributed by atoms with Crippen LogP contribution in [-0.2, 0) is 9.59 Å². The van der Waals surface area contributed by atoms with Crippen LogP contribution in [0.15, 0.2) is 24.3 Å². The maximum absolute atomic E-state index is 13.0. The number of nitrogens with zero attached hydrogens (tertiary/aromatic N) is 2. The molecule has 0 aromatic heterocycles. The van der Waals surface area contributed by atoms with Crippen LogP contribution in [0.4, 0.5) is 0 Å². The number of aliphatic carboxylic acids is 1. The second kappa shape index (κ2) is 9.22. The smallest absolute Gasteiger partial charge is 0.323 e. The first-order valence-electron chi connectivity index (χ1n) is 9.02. The molecule has 1 heterocycles. The van der Waals surface area contributed by atoms with Crippen LogP contribution >= 0.6 is 0 Å². The fourth-order valence-electron chi connectivity index (χ4n) is 3.26. The molecule has 0 saturated carbocycles. The van der Waals surface area contributed by atoms with Gasteiger partial charge in [0.05, 0.1) is 12.2 Å². The summed E-state index contributed by atoms with van der Waals surface area (Å²) >= 11 is 0. The molecule has 0 aliphatic carbocycles. The normalized spacial score (nSPS) is 16.4. The van der Waals surface area contributed by atoms with Crippen LogP contribution in [0.1, 0.15) is 43.5 Å². The van der Waals surface area contributed by atoms with Gasteiger partial charge in [0.25, 0.3) is 5.91 Å². The number of benzene rings is 1. The van der Waals surface area contributed by atoms with Crippen LogP contribution in [0.25, 0.3) is 0 Å². The fourth-order valence-corrected chi connectivity index (χ4v) is 3.26. The summed E-state index contributed by atoms with van der Waals surface area (Å²) in [6.07, 6.45) is 1.92. The highest BCUT2D eigenvalue weighted by molar-refractivity contribution is 6.00. The number of carboxylic acids is 1. The molecule has 0 spiro atoms. The number of hydrogen-bond acceptors (Lipinski definition) is 4. The molecular weight excluding hydrogens is 336 g/mol. The maximum atomic E-state index is 13.0. The van der Waals surface area contributed by atoms with E-state index in [0.29, 0.717) is 50.3 Å². The van der Waals surface area contributed by atoms with Gasteiger partial charge in [-0.3, -0.25) is 14.4 Å². The van der Waals surface area contributed by atoms with Crippen molar-refractivity contribution in [3.8, 4) is 5.75 Å². The van der Waals surface area contributed by atoms with E-state index >= 15 is 0 Å². The van der Waals surface area contributed by atoms with E-state index in [-0.39, 0.29) is 18.4 Å². The Labute approximate surface area is 153 Å². The lowest BCUT2D eigenvalue weighted by Gasteiger charge is -2.29. The van der Waals surface area contributed by atoms with Gasteiger partial charge in [-0.25, -0.2) is 0 Å². The molecule has 1 aliphatic heterocycles. The van der Waals surface area contributed by atoms with E-state index in [9.17, 15) is 14.4 Å². The van der Waals surface area contributed by atoms with Crippen LogP contribution in [0.5, 0.6) is 5.75 Å². The number of carbonyl (C=O) groups excluding carboxylic acids is 2. The topological polar surface area (TPSA) is 87.2 Å². The highest BCUT2D eigenvalue weighted by Gasteiger charge is 2.37. The predicted molar refractivity (Wildman–Crippen MR) is 96.2 cm³/mol. The SMILES string of the molecule is CCCN(CC(=O)O)C(=O)C1CCCN1C(=O)c1ccccc1OCC. The van der Waals surface area contributed by atoms with Gasteiger partial charge >= 0.3 is 5.97 Å². The maximum Gasteiger partial charge on any atom is 0.323 e. The molecule has 2 rings (SSSR count). The number of amides is 2. The summed E-state index contributed by atoms with van der Waals surface area (Å²) in [6, 6.07) is 6.36. The lowest BCUT2D eigenvalue weighted by atomic mass is 10.1. The number of hydrogen-bond donors (Lipinski definition) is 1. The van der Waals surface area contributed by atoms with E-state index in [1.165, 1.54) is 4.90 Å². The summed E-state index contributed by atoms with van der Waals surface area (Å²) in [5.41, 5.74) is 0.425. The van der Waals surface area contributed by atoms with Gasteiger partial charge in [0.15, 0.2) is 0 Å². The lowest BCUT2D eigenvalue weighted by molar-refractivity contribution is -0.146. The molecule has 7 nitrogen and oxygen atoms in total. The summed E-state index contributed by atoms with van der Waals surface area (Å²) < 4.78 is 5.53. The third-order valence-corrected chi connectivity index (χ3v) is 4.35. The van der Waals surface area contributed by atoms with Crippen molar-refractivity contribution >= 4 is 17.8 Å². The molecule has 7 heteroatoms. The Bertz CT molecular complexity index is 661. The molecule has 1 aromatic carbocycles. The van der Waals surface area contributed by atoms with Crippen molar-refractivity contribution in [2.45, 2.75) is 39.2 Å². The molecule has 2 amide bonds. The standard InChI is InChI=1S/C19H26N2O5/c1-3-11-20(13-17(22)23)19(25)15-9-7-12-21(15)18(24)14-8-5-6-10-16(14)26-4-2/h5-6,8,10,15H,3-4,7,9,11-13H2,1-2H3,(H,22,23). The summed E-state index contributed by atoms with van der Waals surface area (Å²) in [4.78, 5) is 39.8. The Kier molecular flexibility index (Phi) is 7.00. The zero-order valence-corrected chi connectivity index (χ0v) is 15.3. The van der Waals surface area contributed by atoms with Crippen LogP contribution in [0, 0.1) is 0 Å². The van der Waals surface area contributed by atoms with E-state index in [1.807, 2.05) is 13.8 Å². The first-order valence-corrected chi connectivity index (χ1v) is 9.02. The van der Waals surface area contributed by atoms with E-state index in [2.05, 4.69) is 0 Å². The number of carboxylic acid groups (broad SMARTS) is 1. The van der Waals surface area contributed by atoms with E-state index in [0.717, 1.165) is 0 Å². The third-order valence-electron chi connectivity index (χ3n) is 4.35. The van der Waals surface area contributed by atoms with Gasteiger partial charge in [-0.2, -0.15) is 0 Å². The molecule has 1 aliphatic rings. The number of para-hydroxylation sites is 1. The van der Waals surface area contributed by atoms with Gasteiger partial charge in [0.1, 0.15) is 18.3 Å². The Morgan fingerprint density at radius 3 is 2.65 bits per heavy atom. The minimum Gasteiger partial charge on any atom is -0.493 e. The first kappa shape index (κ1) is 19.8. The van der Waals surface area contributed by atoms with Crippen LogP contribution in [-0.4, -0.2) is 65.0 Å². The van der Waals surface area contributed by atoms with Gasteiger partial charge in [-0.15, -0.1) is 0 Å².